The van der Waals surface area contributed by atoms with E-state index in [1.165, 1.54) is 6.07 Å². The third-order valence-corrected chi connectivity index (χ3v) is 6.22. The molecular formula is C24H16Cl2FNO3S. The fourth-order valence-corrected chi connectivity index (χ4v) is 4.39. The van der Waals surface area contributed by atoms with Crippen LogP contribution in [0.5, 0.6) is 5.75 Å². The Balaban J connectivity index is 1.48. The Labute approximate surface area is 198 Å². The standard InChI is InChI=1S/C24H16Cl2FNO3S/c25-18-9-8-16(20(26)12-18)13-28-23(29)22(32-24(28)30)11-15-4-3-6-19(10-15)31-14-17-5-1-2-7-21(17)27/h1-12H,13-14H2/b22-11+. The third-order valence-electron chi connectivity index (χ3n) is 4.73. The van der Waals surface area contributed by atoms with Gasteiger partial charge in [-0.05, 0) is 59.3 Å². The average Bonchev–Trinajstić information content (AvgIpc) is 3.02. The molecule has 0 aliphatic carbocycles. The largest absolute Gasteiger partial charge is 0.489 e. The van der Waals surface area contributed by atoms with Gasteiger partial charge < -0.3 is 4.74 Å². The molecule has 3 aromatic carbocycles. The highest BCUT2D eigenvalue weighted by Crippen LogP contribution is 2.35. The van der Waals surface area contributed by atoms with Crippen LogP contribution < -0.4 is 4.74 Å². The maximum Gasteiger partial charge on any atom is 0.293 e. The minimum absolute atomic E-state index is 0.0593. The summed E-state index contributed by atoms with van der Waals surface area (Å²) in [6.45, 7) is 0.137. The lowest BCUT2D eigenvalue weighted by Crippen LogP contribution is -2.27. The Hall–Kier alpha value is -2.80. The number of rotatable bonds is 6. The number of hydrogen-bond acceptors (Lipinski definition) is 4. The van der Waals surface area contributed by atoms with Crippen LogP contribution in [0.4, 0.5) is 9.18 Å². The van der Waals surface area contributed by atoms with Crippen LogP contribution in [0.2, 0.25) is 10.0 Å². The number of imide groups is 1. The Morgan fingerprint density at radius 2 is 1.78 bits per heavy atom. The number of benzene rings is 3. The van der Waals surface area contributed by atoms with Gasteiger partial charge in [0.2, 0.25) is 0 Å². The molecule has 4 nitrogen and oxygen atoms in total. The van der Waals surface area contributed by atoms with Crippen molar-refractivity contribution in [3.05, 3.63) is 104 Å². The molecule has 2 amide bonds. The monoisotopic (exact) mass is 487 g/mol. The zero-order chi connectivity index (χ0) is 22.7. The maximum atomic E-state index is 13.8. The van der Waals surface area contributed by atoms with Crippen molar-refractivity contribution >= 4 is 52.2 Å². The van der Waals surface area contributed by atoms with E-state index in [0.29, 0.717) is 37.4 Å². The summed E-state index contributed by atoms with van der Waals surface area (Å²) in [5.74, 6) is -0.212. The van der Waals surface area contributed by atoms with Crippen molar-refractivity contribution in [2.45, 2.75) is 13.2 Å². The van der Waals surface area contributed by atoms with Crippen LogP contribution in [0.3, 0.4) is 0 Å². The summed E-state index contributed by atoms with van der Waals surface area (Å²) in [6.07, 6.45) is 1.63. The van der Waals surface area contributed by atoms with Gasteiger partial charge in [-0.15, -0.1) is 0 Å². The first-order valence-corrected chi connectivity index (χ1v) is 11.1. The molecule has 32 heavy (non-hydrogen) atoms. The quantitative estimate of drug-likeness (QED) is 0.353. The lowest BCUT2D eigenvalue weighted by Gasteiger charge is -2.13. The molecule has 0 N–H and O–H groups in total. The van der Waals surface area contributed by atoms with E-state index in [-0.39, 0.29) is 24.2 Å². The van der Waals surface area contributed by atoms with Gasteiger partial charge in [-0.2, -0.15) is 0 Å². The predicted octanol–water partition coefficient (Wildman–Crippen LogP) is 6.95. The second kappa shape index (κ2) is 9.77. The van der Waals surface area contributed by atoms with E-state index in [1.54, 1.807) is 66.7 Å². The first-order chi connectivity index (χ1) is 15.4. The van der Waals surface area contributed by atoms with Crippen molar-refractivity contribution in [1.29, 1.82) is 0 Å². The van der Waals surface area contributed by atoms with Crippen LogP contribution in [0.1, 0.15) is 16.7 Å². The van der Waals surface area contributed by atoms with Crippen molar-refractivity contribution < 1.29 is 18.7 Å². The normalized spacial score (nSPS) is 15.0. The van der Waals surface area contributed by atoms with Crippen molar-refractivity contribution in [2.24, 2.45) is 0 Å². The first kappa shape index (κ1) is 22.4. The second-order valence-corrected chi connectivity index (χ2v) is 8.79. The molecule has 162 valence electrons. The highest BCUT2D eigenvalue weighted by Gasteiger charge is 2.35. The molecule has 8 heteroatoms. The molecule has 1 aliphatic heterocycles. The summed E-state index contributed by atoms with van der Waals surface area (Å²) in [5.41, 5.74) is 1.76. The molecule has 3 aromatic rings. The number of thioether (sulfide) groups is 1. The number of hydrogen-bond donors (Lipinski definition) is 0. The number of carbonyl (C=O) groups excluding carboxylic acids is 2. The van der Waals surface area contributed by atoms with Crippen LogP contribution in [0, 0.1) is 5.82 Å². The summed E-state index contributed by atoms with van der Waals surface area (Å²) in [4.78, 5) is 26.7. The molecule has 0 saturated carbocycles. The highest BCUT2D eigenvalue weighted by molar-refractivity contribution is 8.18. The molecule has 1 aliphatic rings. The number of nitrogens with zero attached hydrogens (tertiary/aromatic N) is 1. The number of carbonyl (C=O) groups is 2. The lowest BCUT2D eigenvalue weighted by atomic mass is 10.2. The van der Waals surface area contributed by atoms with Crippen LogP contribution in [-0.2, 0) is 17.9 Å². The molecule has 0 aromatic heterocycles. The van der Waals surface area contributed by atoms with Gasteiger partial charge in [0.25, 0.3) is 11.1 Å². The van der Waals surface area contributed by atoms with E-state index in [2.05, 4.69) is 0 Å². The molecule has 0 bridgehead atoms. The summed E-state index contributed by atoms with van der Waals surface area (Å²) < 4.78 is 19.5. The van der Waals surface area contributed by atoms with Crippen LogP contribution >= 0.6 is 35.0 Å². The fourth-order valence-electron chi connectivity index (χ4n) is 3.08. The van der Waals surface area contributed by atoms with Gasteiger partial charge in [0.1, 0.15) is 18.2 Å². The van der Waals surface area contributed by atoms with Crippen LogP contribution in [-0.4, -0.2) is 16.0 Å². The lowest BCUT2D eigenvalue weighted by molar-refractivity contribution is -0.123. The fraction of sp³-hybridized carbons (Fsp3) is 0.0833. The molecule has 0 radical (unpaired) electrons. The van der Waals surface area contributed by atoms with Gasteiger partial charge in [-0.1, -0.05) is 59.6 Å². The van der Waals surface area contributed by atoms with Crippen molar-refractivity contribution in [3.8, 4) is 5.75 Å². The van der Waals surface area contributed by atoms with Gasteiger partial charge in [0, 0.05) is 15.6 Å². The van der Waals surface area contributed by atoms with E-state index in [0.717, 1.165) is 16.7 Å². The van der Waals surface area contributed by atoms with Crippen molar-refractivity contribution in [1.82, 2.24) is 4.90 Å². The SMILES string of the molecule is O=C1S/C(=C/c2cccc(OCc3ccccc3F)c2)C(=O)N1Cc1ccc(Cl)cc1Cl. The van der Waals surface area contributed by atoms with Gasteiger partial charge in [-0.25, -0.2) is 4.39 Å². The molecule has 1 saturated heterocycles. The van der Waals surface area contributed by atoms with E-state index in [1.807, 2.05) is 0 Å². The van der Waals surface area contributed by atoms with E-state index in [4.69, 9.17) is 27.9 Å². The first-order valence-electron chi connectivity index (χ1n) is 9.56. The van der Waals surface area contributed by atoms with Crippen molar-refractivity contribution in [2.75, 3.05) is 0 Å². The highest BCUT2D eigenvalue weighted by atomic mass is 35.5. The molecule has 0 unspecified atom stereocenters. The summed E-state index contributed by atoms with van der Waals surface area (Å²) in [6, 6.07) is 18.3. The summed E-state index contributed by atoms with van der Waals surface area (Å²) in [5, 5.41) is 0.490. The van der Waals surface area contributed by atoms with Gasteiger partial charge in [0.05, 0.1) is 11.4 Å². The Morgan fingerprint density at radius 1 is 0.969 bits per heavy atom. The molecule has 4 rings (SSSR count). The number of halogens is 3. The van der Waals surface area contributed by atoms with Gasteiger partial charge in [-0.3, -0.25) is 14.5 Å². The van der Waals surface area contributed by atoms with E-state index < -0.39 is 5.91 Å². The Kier molecular flexibility index (Phi) is 6.84. The summed E-state index contributed by atoms with van der Waals surface area (Å²) >= 11 is 12.9. The smallest absolute Gasteiger partial charge is 0.293 e. The van der Waals surface area contributed by atoms with Crippen LogP contribution in [0.15, 0.2) is 71.6 Å². The van der Waals surface area contributed by atoms with E-state index >= 15 is 0 Å². The Bertz CT molecular complexity index is 1230. The van der Waals surface area contributed by atoms with E-state index in [9.17, 15) is 14.0 Å². The molecule has 1 fully saturated rings. The minimum atomic E-state index is -0.399. The maximum absolute atomic E-state index is 13.8. The molecule has 0 spiro atoms. The minimum Gasteiger partial charge on any atom is -0.489 e. The topological polar surface area (TPSA) is 46.6 Å². The average molecular weight is 488 g/mol. The molecule has 0 atom stereocenters. The third kappa shape index (κ3) is 5.15. The van der Waals surface area contributed by atoms with Crippen molar-refractivity contribution in [3.63, 3.8) is 0 Å². The van der Waals surface area contributed by atoms with Crippen LogP contribution in [0.25, 0.3) is 6.08 Å². The zero-order valence-electron chi connectivity index (χ0n) is 16.6. The Morgan fingerprint density at radius 3 is 2.56 bits per heavy atom. The zero-order valence-corrected chi connectivity index (χ0v) is 18.9. The number of ether oxygens (including phenoxy) is 1. The predicted molar refractivity (Wildman–Crippen MR) is 125 cm³/mol. The second-order valence-electron chi connectivity index (χ2n) is 6.96. The number of amides is 2. The molecular weight excluding hydrogens is 472 g/mol. The summed E-state index contributed by atoms with van der Waals surface area (Å²) in [7, 11) is 0. The van der Waals surface area contributed by atoms with Gasteiger partial charge >= 0.3 is 0 Å². The van der Waals surface area contributed by atoms with Gasteiger partial charge in [0.15, 0.2) is 0 Å². The molecule has 1 heterocycles.